The fourth-order valence-electron chi connectivity index (χ4n) is 3.96. The average Bonchev–Trinajstić information content (AvgIpc) is 3.05. The zero-order valence-electron chi connectivity index (χ0n) is 12.9. The molecule has 2 heterocycles. The van der Waals surface area contributed by atoms with Crippen LogP contribution in [0.5, 0.6) is 0 Å². The molecule has 1 saturated carbocycles. The number of fused-ring (bicyclic) bond motifs is 1. The van der Waals surface area contributed by atoms with E-state index in [-0.39, 0.29) is 6.04 Å². The molecule has 0 bridgehead atoms. The van der Waals surface area contributed by atoms with Crippen LogP contribution in [-0.2, 0) is 11.3 Å². The number of aromatic nitrogens is 2. The van der Waals surface area contributed by atoms with E-state index in [1.54, 1.807) is 0 Å². The van der Waals surface area contributed by atoms with Crippen LogP contribution in [0.1, 0.15) is 57.7 Å². The Kier molecular flexibility index (Phi) is 4.02. The van der Waals surface area contributed by atoms with Crippen molar-refractivity contribution < 1.29 is 9.90 Å². The van der Waals surface area contributed by atoms with Gasteiger partial charge in [0.1, 0.15) is 6.04 Å². The van der Waals surface area contributed by atoms with Gasteiger partial charge in [0.2, 0.25) is 0 Å². The number of nitrogens with zero attached hydrogens (tertiary/aromatic N) is 3. The number of likely N-dealkylation sites (tertiary alicyclic amines) is 1. The Morgan fingerprint density at radius 2 is 2.19 bits per heavy atom. The molecule has 0 spiro atoms. The minimum Gasteiger partial charge on any atom is -0.480 e. The molecule has 5 nitrogen and oxygen atoms in total. The third kappa shape index (κ3) is 2.84. The number of carboxylic acid groups (broad SMARTS) is 1. The number of aliphatic carboxylic acids is 1. The van der Waals surface area contributed by atoms with Crippen LogP contribution in [-0.4, -0.2) is 37.8 Å². The van der Waals surface area contributed by atoms with Crippen molar-refractivity contribution in [1.82, 2.24) is 14.7 Å². The lowest BCUT2D eigenvalue weighted by molar-refractivity contribution is -0.142. The third-order valence-corrected chi connectivity index (χ3v) is 5.04. The summed E-state index contributed by atoms with van der Waals surface area (Å²) in [6.45, 7) is 4.87. The predicted octanol–water partition coefficient (Wildman–Crippen LogP) is 2.68. The van der Waals surface area contributed by atoms with E-state index in [9.17, 15) is 9.90 Å². The van der Waals surface area contributed by atoms with Gasteiger partial charge in [0.15, 0.2) is 0 Å². The van der Waals surface area contributed by atoms with Gasteiger partial charge < -0.3 is 5.11 Å². The topological polar surface area (TPSA) is 58.4 Å². The summed E-state index contributed by atoms with van der Waals surface area (Å²) in [4.78, 5) is 13.8. The highest BCUT2D eigenvalue weighted by Gasteiger charge is 2.45. The van der Waals surface area contributed by atoms with Crippen molar-refractivity contribution in [2.45, 2.75) is 70.6 Å². The smallest absolute Gasteiger partial charge is 0.320 e. The van der Waals surface area contributed by atoms with Crippen LogP contribution in [0.25, 0.3) is 0 Å². The number of rotatable bonds is 4. The molecule has 5 heteroatoms. The van der Waals surface area contributed by atoms with Gasteiger partial charge in [0.05, 0.1) is 5.69 Å². The quantitative estimate of drug-likeness (QED) is 0.926. The normalized spacial score (nSPS) is 29.8. The Morgan fingerprint density at radius 1 is 1.43 bits per heavy atom. The van der Waals surface area contributed by atoms with Gasteiger partial charge in [-0.1, -0.05) is 12.8 Å². The van der Waals surface area contributed by atoms with Crippen LogP contribution in [0.2, 0.25) is 0 Å². The summed E-state index contributed by atoms with van der Waals surface area (Å²) in [6.07, 6.45) is 7.60. The Labute approximate surface area is 125 Å². The molecule has 0 radical (unpaired) electrons. The van der Waals surface area contributed by atoms with E-state index in [0.717, 1.165) is 18.5 Å². The Morgan fingerprint density at radius 3 is 2.86 bits per heavy atom. The largest absolute Gasteiger partial charge is 0.480 e. The maximum absolute atomic E-state index is 11.6. The third-order valence-electron chi connectivity index (χ3n) is 5.04. The molecule has 1 saturated heterocycles. The highest BCUT2D eigenvalue weighted by molar-refractivity contribution is 5.74. The molecule has 1 aliphatic heterocycles. The van der Waals surface area contributed by atoms with E-state index in [0.29, 0.717) is 24.5 Å². The van der Waals surface area contributed by atoms with Crippen LogP contribution < -0.4 is 0 Å². The lowest BCUT2D eigenvalue weighted by Gasteiger charge is -2.32. The second-order valence-electron chi connectivity index (χ2n) is 6.75. The van der Waals surface area contributed by atoms with Crippen LogP contribution in [0.3, 0.4) is 0 Å². The van der Waals surface area contributed by atoms with Crippen molar-refractivity contribution in [3.63, 3.8) is 0 Å². The monoisotopic (exact) mass is 291 g/mol. The first kappa shape index (κ1) is 14.6. The number of carboxylic acids is 1. The minimum atomic E-state index is -0.673. The minimum absolute atomic E-state index is 0.331. The van der Waals surface area contributed by atoms with E-state index in [4.69, 9.17) is 0 Å². The number of carbonyl (C=O) groups is 1. The van der Waals surface area contributed by atoms with Gasteiger partial charge in [-0.05, 0) is 45.1 Å². The van der Waals surface area contributed by atoms with E-state index in [1.165, 1.54) is 19.3 Å². The predicted molar refractivity (Wildman–Crippen MR) is 79.9 cm³/mol. The van der Waals surface area contributed by atoms with Crippen molar-refractivity contribution in [1.29, 1.82) is 0 Å². The van der Waals surface area contributed by atoms with Crippen LogP contribution >= 0.6 is 0 Å². The molecule has 3 rings (SSSR count). The zero-order chi connectivity index (χ0) is 15.0. The van der Waals surface area contributed by atoms with Gasteiger partial charge in [-0.15, -0.1) is 0 Å². The molecule has 2 fully saturated rings. The van der Waals surface area contributed by atoms with Gasteiger partial charge in [-0.3, -0.25) is 14.4 Å². The highest BCUT2D eigenvalue weighted by Crippen LogP contribution is 2.40. The van der Waals surface area contributed by atoms with E-state index >= 15 is 0 Å². The SMILES string of the molecule is CC(C)n1ccc(CN2[C@H](C(=O)O)C[C@@H]3CCCC[C@@H]32)n1. The van der Waals surface area contributed by atoms with Gasteiger partial charge in [-0.2, -0.15) is 5.10 Å². The van der Waals surface area contributed by atoms with Crippen molar-refractivity contribution in [3.05, 3.63) is 18.0 Å². The van der Waals surface area contributed by atoms with E-state index in [1.807, 2.05) is 16.9 Å². The number of hydrogen-bond donors (Lipinski definition) is 1. The maximum atomic E-state index is 11.6. The Bertz CT molecular complexity index is 511. The molecular weight excluding hydrogens is 266 g/mol. The van der Waals surface area contributed by atoms with Crippen molar-refractivity contribution in [2.75, 3.05) is 0 Å². The van der Waals surface area contributed by atoms with Crippen molar-refractivity contribution >= 4 is 5.97 Å². The summed E-state index contributed by atoms with van der Waals surface area (Å²) in [5.74, 6) is -0.111. The van der Waals surface area contributed by atoms with E-state index in [2.05, 4.69) is 23.8 Å². The lowest BCUT2D eigenvalue weighted by atomic mass is 9.85. The average molecular weight is 291 g/mol. The molecule has 116 valence electrons. The molecule has 1 aliphatic carbocycles. The first-order valence-corrected chi connectivity index (χ1v) is 8.09. The summed E-state index contributed by atoms with van der Waals surface area (Å²) in [7, 11) is 0. The van der Waals surface area contributed by atoms with Crippen LogP contribution in [0.15, 0.2) is 12.3 Å². The highest BCUT2D eigenvalue weighted by atomic mass is 16.4. The molecular formula is C16H25N3O2. The molecule has 21 heavy (non-hydrogen) atoms. The molecule has 0 aromatic carbocycles. The van der Waals surface area contributed by atoms with Crippen LogP contribution in [0.4, 0.5) is 0 Å². The standard InChI is InChI=1S/C16H25N3O2/c1-11(2)19-8-7-13(17-19)10-18-14-6-4-3-5-12(14)9-15(18)16(20)21/h7-8,11-12,14-15H,3-6,9-10H2,1-2H3,(H,20,21)/t12-,14-,15-/m0/s1. The van der Waals surface area contributed by atoms with Gasteiger partial charge >= 0.3 is 5.97 Å². The molecule has 1 aromatic heterocycles. The van der Waals surface area contributed by atoms with Crippen molar-refractivity contribution in [2.24, 2.45) is 5.92 Å². The Hall–Kier alpha value is -1.36. The second kappa shape index (κ2) is 5.79. The summed E-state index contributed by atoms with van der Waals surface area (Å²) in [5.41, 5.74) is 0.987. The molecule has 2 aliphatic rings. The molecule has 0 amide bonds. The van der Waals surface area contributed by atoms with Gasteiger partial charge in [0.25, 0.3) is 0 Å². The summed E-state index contributed by atoms with van der Waals surface area (Å²) < 4.78 is 1.94. The van der Waals surface area contributed by atoms with E-state index < -0.39 is 5.97 Å². The fourth-order valence-corrected chi connectivity index (χ4v) is 3.96. The van der Waals surface area contributed by atoms with Crippen LogP contribution in [0, 0.1) is 5.92 Å². The first-order valence-electron chi connectivity index (χ1n) is 8.09. The zero-order valence-corrected chi connectivity index (χ0v) is 12.9. The molecule has 1 N–H and O–H groups in total. The summed E-state index contributed by atoms with van der Waals surface area (Å²) in [5, 5.41) is 14.1. The summed E-state index contributed by atoms with van der Waals surface area (Å²) >= 11 is 0. The summed E-state index contributed by atoms with van der Waals surface area (Å²) in [6, 6.07) is 2.47. The molecule has 0 unspecified atom stereocenters. The second-order valence-corrected chi connectivity index (χ2v) is 6.75. The van der Waals surface area contributed by atoms with Crippen molar-refractivity contribution in [3.8, 4) is 0 Å². The molecule has 3 atom stereocenters. The Balaban J connectivity index is 1.78. The maximum Gasteiger partial charge on any atom is 0.320 e. The van der Waals surface area contributed by atoms with Gasteiger partial charge in [0, 0.05) is 24.8 Å². The molecule has 1 aromatic rings. The lowest BCUT2D eigenvalue weighted by Crippen LogP contribution is -2.41. The number of hydrogen-bond acceptors (Lipinski definition) is 3. The van der Waals surface area contributed by atoms with Gasteiger partial charge in [-0.25, -0.2) is 0 Å². The fraction of sp³-hybridized carbons (Fsp3) is 0.750. The first-order chi connectivity index (χ1) is 10.1.